The molecular formula is C58H52O4. The normalized spacial score (nSPS) is 12.6. The Bertz CT molecular complexity index is 2410. The zero-order chi connectivity index (χ0) is 42.1. The van der Waals surface area contributed by atoms with Gasteiger partial charge in [0.05, 0.1) is 18.6 Å². The predicted octanol–water partition coefficient (Wildman–Crippen LogP) is 11.1. The van der Waals surface area contributed by atoms with E-state index in [1.165, 1.54) is 44.5 Å². The quantitative estimate of drug-likeness (QED) is 0.102. The minimum atomic E-state index is -0.760. The maximum atomic E-state index is 10.1. The molecule has 4 nitrogen and oxygen atoms in total. The summed E-state index contributed by atoms with van der Waals surface area (Å²) in [6.45, 7) is 0.226. The summed E-state index contributed by atoms with van der Waals surface area (Å²) in [5.74, 6) is 1.65. The Labute approximate surface area is 365 Å². The molecule has 8 aromatic rings. The van der Waals surface area contributed by atoms with Gasteiger partial charge in [-0.2, -0.15) is 0 Å². The van der Waals surface area contributed by atoms with Gasteiger partial charge in [0.15, 0.2) is 0 Å². The van der Waals surface area contributed by atoms with Crippen molar-refractivity contribution in [2.75, 3.05) is 26.4 Å². The Morgan fingerprint density at radius 2 is 0.661 bits per heavy atom. The van der Waals surface area contributed by atoms with E-state index in [-0.39, 0.29) is 26.4 Å². The molecule has 4 heteroatoms. The Kier molecular flexibility index (Phi) is 12.4. The fourth-order valence-corrected chi connectivity index (χ4v) is 9.62. The van der Waals surface area contributed by atoms with Crippen LogP contribution in [0, 0.1) is 0 Å². The number of hydrogen-bond acceptors (Lipinski definition) is 4. The number of fused-ring (bicyclic) bond motifs is 2. The minimum Gasteiger partial charge on any atom is -0.491 e. The average molecular weight is 813 g/mol. The van der Waals surface area contributed by atoms with Crippen LogP contribution in [-0.4, -0.2) is 36.6 Å². The van der Waals surface area contributed by atoms with E-state index in [9.17, 15) is 10.2 Å². The smallest absolute Gasteiger partial charge is 0.126 e. The topological polar surface area (TPSA) is 58.9 Å². The van der Waals surface area contributed by atoms with Crippen LogP contribution in [0.25, 0.3) is 0 Å². The van der Waals surface area contributed by atoms with Gasteiger partial charge in [0, 0.05) is 25.7 Å². The van der Waals surface area contributed by atoms with Crippen molar-refractivity contribution in [3.05, 3.63) is 272 Å². The molecule has 0 fully saturated rings. The molecule has 0 spiro atoms. The fraction of sp³-hybridized carbons (Fsp3) is 0.172. The molecule has 9 rings (SSSR count). The van der Waals surface area contributed by atoms with Gasteiger partial charge in [-0.1, -0.05) is 194 Å². The summed E-state index contributed by atoms with van der Waals surface area (Å²) in [5, 5.41) is 20.3. The lowest BCUT2D eigenvalue weighted by atomic mass is 9.59. The van der Waals surface area contributed by atoms with Crippen molar-refractivity contribution in [2.45, 2.75) is 37.5 Å². The largest absolute Gasteiger partial charge is 0.491 e. The van der Waals surface area contributed by atoms with Crippen LogP contribution in [0.3, 0.4) is 0 Å². The van der Waals surface area contributed by atoms with Crippen molar-refractivity contribution < 1.29 is 19.7 Å². The van der Waals surface area contributed by atoms with Crippen molar-refractivity contribution in [2.24, 2.45) is 0 Å². The lowest BCUT2D eigenvalue weighted by Gasteiger charge is -2.43. The van der Waals surface area contributed by atoms with E-state index in [0.29, 0.717) is 25.7 Å². The first-order valence-electron chi connectivity index (χ1n) is 21.8. The molecule has 0 aromatic heterocycles. The molecule has 0 aliphatic heterocycles. The van der Waals surface area contributed by atoms with Gasteiger partial charge in [0.2, 0.25) is 0 Å². The average Bonchev–Trinajstić information content (AvgIpc) is 3.31. The van der Waals surface area contributed by atoms with Crippen LogP contribution in [0.4, 0.5) is 0 Å². The van der Waals surface area contributed by atoms with Gasteiger partial charge in [0.25, 0.3) is 0 Å². The Balaban J connectivity index is 1.40. The number of aliphatic hydroxyl groups excluding tert-OH is 2. The summed E-state index contributed by atoms with van der Waals surface area (Å²) < 4.78 is 13.2. The highest BCUT2D eigenvalue weighted by Gasteiger charge is 2.45. The molecule has 0 unspecified atom stereocenters. The summed E-state index contributed by atoms with van der Waals surface area (Å²) in [7, 11) is 0. The third-order valence-corrected chi connectivity index (χ3v) is 12.2. The highest BCUT2D eigenvalue weighted by atomic mass is 16.5. The van der Waals surface area contributed by atoms with Crippen molar-refractivity contribution in [3.63, 3.8) is 0 Å². The van der Waals surface area contributed by atoms with E-state index in [1.807, 2.05) is 0 Å². The standard InChI is InChI=1S/C58H52O4/c59-29-31-61-56-48(33-42-17-5-1-6-18-42)38-52(39-49(56)34-43-19-7-2-8-20-43)58(54-27-15-13-25-46(54)37-47-26-14-16-28-55(47)58)53-40-50(35-44-21-9-3-10-22-44)57(62-32-30-60)51(41-53)36-45-23-11-4-12-24-45/h1-28,38-41,59-60H,29-37H2. The molecule has 0 saturated heterocycles. The first kappa shape index (κ1) is 40.7. The van der Waals surface area contributed by atoms with Crippen LogP contribution in [0.15, 0.2) is 194 Å². The van der Waals surface area contributed by atoms with Crippen LogP contribution in [0.5, 0.6) is 11.5 Å². The Morgan fingerprint density at radius 1 is 0.371 bits per heavy atom. The second-order valence-corrected chi connectivity index (χ2v) is 16.3. The fourth-order valence-electron chi connectivity index (χ4n) is 9.62. The second kappa shape index (κ2) is 18.9. The summed E-state index contributed by atoms with van der Waals surface area (Å²) >= 11 is 0. The third-order valence-electron chi connectivity index (χ3n) is 12.2. The maximum absolute atomic E-state index is 10.1. The van der Waals surface area contributed by atoms with E-state index in [2.05, 4.69) is 194 Å². The number of rotatable bonds is 16. The molecule has 308 valence electrons. The van der Waals surface area contributed by atoms with E-state index < -0.39 is 5.41 Å². The third kappa shape index (κ3) is 8.45. The summed E-state index contributed by atoms with van der Waals surface area (Å²) in [6, 6.07) is 69.9. The number of ether oxygens (including phenoxy) is 2. The molecule has 2 N–H and O–H groups in total. The van der Waals surface area contributed by atoms with E-state index in [4.69, 9.17) is 9.47 Å². The number of hydrogen-bond donors (Lipinski definition) is 2. The molecule has 0 radical (unpaired) electrons. The maximum Gasteiger partial charge on any atom is 0.126 e. The van der Waals surface area contributed by atoms with Gasteiger partial charge in [0.1, 0.15) is 24.7 Å². The van der Waals surface area contributed by atoms with Gasteiger partial charge in [-0.3, -0.25) is 0 Å². The van der Waals surface area contributed by atoms with Crippen LogP contribution in [0.2, 0.25) is 0 Å². The van der Waals surface area contributed by atoms with E-state index in [1.54, 1.807) is 0 Å². The lowest BCUT2D eigenvalue weighted by molar-refractivity contribution is 0.199. The summed E-state index contributed by atoms with van der Waals surface area (Å²) in [6.07, 6.45) is 3.45. The monoisotopic (exact) mass is 812 g/mol. The molecule has 0 bridgehead atoms. The van der Waals surface area contributed by atoms with Gasteiger partial charge in [-0.15, -0.1) is 0 Å². The molecule has 1 aliphatic rings. The van der Waals surface area contributed by atoms with Gasteiger partial charge >= 0.3 is 0 Å². The SMILES string of the molecule is OCCOc1c(Cc2ccccc2)cc(C2(c3cc(Cc4ccccc4)c(OCCO)c(Cc4ccccc4)c3)c3ccccc3Cc3ccccc32)cc1Cc1ccccc1. The van der Waals surface area contributed by atoms with Crippen LogP contribution >= 0.6 is 0 Å². The van der Waals surface area contributed by atoms with Crippen molar-refractivity contribution >= 4 is 0 Å². The van der Waals surface area contributed by atoms with Gasteiger partial charge < -0.3 is 19.7 Å². The van der Waals surface area contributed by atoms with Gasteiger partial charge in [-0.05, 0) is 84.3 Å². The molecule has 0 saturated carbocycles. The van der Waals surface area contributed by atoms with Crippen LogP contribution in [0.1, 0.15) is 77.9 Å². The highest BCUT2D eigenvalue weighted by Crippen LogP contribution is 2.53. The predicted molar refractivity (Wildman–Crippen MR) is 250 cm³/mol. The number of benzene rings is 8. The lowest BCUT2D eigenvalue weighted by Crippen LogP contribution is -2.36. The molecular weight excluding hydrogens is 761 g/mol. The zero-order valence-corrected chi connectivity index (χ0v) is 35.1. The summed E-state index contributed by atoms with van der Waals surface area (Å²) in [5.41, 5.74) is 15.7. The second-order valence-electron chi connectivity index (χ2n) is 16.3. The Morgan fingerprint density at radius 3 is 0.968 bits per heavy atom. The zero-order valence-electron chi connectivity index (χ0n) is 35.1. The van der Waals surface area contributed by atoms with Crippen molar-refractivity contribution in [1.29, 1.82) is 0 Å². The van der Waals surface area contributed by atoms with E-state index in [0.717, 1.165) is 51.3 Å². The molecule has 62 heavy (non-hydrogen) atoms. The van der Waals surface area contributed by atoms with Gasteiger partial charge in [-0.25, -0.2) is 0 Å². The van der Waals surface area contributed by atoms with Crippen molar-refractivity contribution in [3.8, 4) is 11.5 Å². The summed E-state index contributed by atoms with van der Waals surface area (Å²) in [4.78, 5) is 0. The molecule has 0 atom stereocenters. The first-order chi connectivity index (χ1) is 30.6. The molecule has 8 aromatic carbocycles. The van der Waals surface area contributed by atoms with Crippen LogP contribution in [-0.2, 0) is 37.5 Å². The van der Waals surface area contributed by atoms with Crippen LogP contribution < -0.4 is 9.47 Å². The first-order valence-corrected chi connectivity index (χ1v) is 21.8. The molecule has 1 aliphatic carbocycles. The number of aliphatic hydroxyl groups is 2. The molecule has 0 amide bonds. The van der Waals surface area contributed by atoms with Crippen molar-refractivity contribution in [1.82, 2.24) is 0 Å². The highest BCUT2D eigenvalue weighted by molar-refractivity contribution is 5.70. The Hall–Kier alpha value is -6.72. The van der Waals surface area contributed by atoms with E-state index >= 15 is 0 Å². The molecule has 0 heterocycles. The minimum absolute atomic E-state index is 0.0823.